The predicted molar refractivity (Wildman–Crippen MR) is 51.9 cm³/mol. The maximum Gasteiger partial charge on any atom is 0.247 e. The molecule has 2 N–H and O–H groups in total. The number of phenolic OH excluding ortho intramolecular Hbond substituents is 1. The first-order valence-electron chi connectivity index (χ1n) is 3.55. The van der Waals surface area contributed by atoms with Gasteiger partial charge in [0.05, 0.1) is 5.02 Å². The van der Waals surface area contributed by atoms with Gasteiger partial charge in [-0.3, -0.25) is 4.79 Å². The molecule has 0 bridgehead atoms. The summed E-state index contributed by atoms with van der Waals surface area (Å²) in [6.07, 6.45) is 1.15. The van der Waals surface area contributed by atoms with Crippen LogP contribution < -0.4 is 5.32 Å². The standard InChI is InChI=1S/C9H8ClNO2/c1-2-9(13)11-6-3-4-8(12)7(10)5-6/h2-5,12H,1H2,(H,11,13). The number of benzene rings is 1. The molecule has 1 aromatic carbocycles. The van der Waals surface area contributed by atoms with Crippen molar-refractivity contribution < 1.29 is 9.90 Å². The summed E-state index contributed by atoms with van der Waals surface area (Å²) in [4.78, 5) is 10.8. The Kier molecular flexibility index (Phi) is 2.93. The predicted octanol–water partition coefficient (Wildman–Crippen LogP) is 2.17. The van der Waals surface area contributed by atoms with Gasteiger partial charge >= 0.3 is 0 Å². The van der Waals surface area contributed by atoms with Crippen molar-refractivity contribution >= 4 is 23.2 Å². The molecule has 0 fully saturated rings. The third kappa shape index (κ3) is 2.49. The van der Waals surface area contributed by atoms with Crippen LogP contribution in [-0.2, 0) is 4.79 Å². The van der Waals surface area contributed by atoms with E-state index in [9.17, 15) is 4.79 Å². The number of hydrogen-bond acceptors (Lipinski definition) is 2. The molecule has 0 atom stereocenters. The Morgan fingerprint density at radius 1 is 1.62 bits per heavy atom. The van der Waals surface area contributed by atoms with E-state index in [1.54, 1.807) is 6.07 Å². The second-order valence-corrected chi connectivity index (χ2v) is 2.77. The van der Waals surface area contributed by atoms with Crippen molar-refractivity contribution in [3.05, 3.63) is 35.9 Å². The first kappa shape index (κ1) is 9.61. The van der Waals surface area contributed by atoms with Crippen LogP contribution in [-0.4, -0.2) is 11.0 Å². The lowest BCUT2D eigenvalue weighted by molar-refractivity contribution is -0.111. The minimum atomic E-state index is -0.318. The van der Waals surface area contributed by atoms with Crippen LogP contribution in [0, 0.1) is 0 Å². The Morgan fingerprint density at radius 2 is 2.31 bits per heavy atom. The zero-order valence-electron chi connectivity index (χ0n) is 6.75. The Morgan fingerprint density at radius 3 is 2.85 bits per heavy atom. The number of nitrogens with one attached hydrogen (secondary N) is 1. The molecule has 0 aliphatic heterocycles. The van der Waals surface area contributed by atoms with Crippen molar-refractivity contribution in [2.24, 2.45) is 0 Å². The maximum absolute atomic E-state index is 10.8. The fourth-order valence-electron chi connectivity index (χ4n) is 0.778. The van der Waals surface area contributed by atoms with E-state index in [1.807, 2.05) is 0 Å². The molecule has 0 aliphatic rings. The molecule has 0 saturated carbocycles. The van der Waals surface area contributed by atoms with Crippen LogP contribution in [0.3, 0.4) is 0 Å². The van der Waals surface area contributed by atoms with Gasteiger partial charge in [0.15, 0.2) is 0 Å². The average molecular weight is 198 g/mol. The third-order valence-electron chi connectivity index (χ3n) is 1.40. The number of aromatic hydroxyl groups is 1. The Labute approximate surface area is 80.6 Å². The minimum absolute atomic E-state index is 0.0155. The van der Waals surface area contributed by atoms with E-state index >= 15 is 0 Å². The molecule has 0 aromatic heterocycles. The van der Waals surface area contributed by atoms with Gasteiger partial charge in [0.25, 0.3) is 0 Å². The molecule has 1 amide bonds. The smallest absolute Gasteiger partial charge is 0.247 e. The number of carbonyl (C=O) groups excluding carboxylic acids is 1. The van der Waals surface area contributed by atoms with Gasteiger partial charge in [-0.2, -0.15) is 0 Å². The molecule has 0 spiro atoms. The van der Waals surface area contributed by atoms with Crippen LogP contribution in [0.25, 0.3) is 0 Å². The highest BCUT2D eigenvalue weighted by Crippen LogP contribution is 2.25. The van der Waals surface area contributed by atoms with Gasteiger partial charge in [-0.05, 0) is 24.3 Å². The molecule has 1 aromatic rings. The van der Waals surface area contributed by atoms with E-state index in [2.05, 4.69) is 11.9 Å². The molecule has 13 heavy (non-hydrogen) atoms. The number of rotatable bonds is 2. The highest BCUT2D eigenvalue weighted by Gasteiger charge is 2.01. The van der Waals surface area contributed by atoms with Crippen molar-refractivity contribution in [3.8, 4) is 5.75 Å². The zero-order chi connectivity index (χ0) is 9.84. The summed E-state index contributed by atoms with van der Waals surface area (Å²) in [6, 6.07) is 4.40. The first-order valence-corrected chi connectivity index (χ1v) is 3.93. The van der Waals surface area contributed by atoms with Crippen molar-refractivity contribution in [2.75, 3.05) is 5.32 Å². The van der Waals surface area contributed by atoms with Gasteiger partial charge in [-0.1, -0.05) is 18.2 Å². The van der Waals surface area contributed by atoms with Crippen molar-refractivity contribution in [2.45, 2.75) is 0 Å². The number of halogens is 1. The second kappa shape index (κ2) is 3.96. The third-order valence-corrected chi connectivity index (χ3v) is 1.70. The number of phenols is 1. The lowest BCUT2D eigenvalue weighted by Crippen LogP contribution is -2.06. The Bertz CT molecular complexity index is 349. The number of carbonyl (C=O) groups is 1. The van der Waals surface area contributed by atoms with Gasteiger partial charge in [-0.25, -0.2) is 0 Å². The quantitative estimate of drug-likeness (QED) is 0.564. The topological polar surface area (TPSA) is 49.3 Å². The van der Waals surface area contributed by atoms with Crippen LogP contribution in [0.5, 0.6) is 5.75 Å². The van der Waals surface area contributed by atoms with Crippen molar-refractivity contribution in [1.29, 1.82) is 0 Å². The monoisotopic (exact) mass is 197 g/mol. The number of anilines is 1. The molecular formula is C9H8ClNO2. The number of hydrogen-bond donors (Lipinski definition) is 2. The van der Waals surface area contributed by atoms with Gasteiger partial charge in [-0.15, -0.1) is 0 Å². The highest BCUT2D eigenvalue weighted by atomic mass is 35.5. The summed E-state index contributed by atoms with van der Waals surface area (Å²) in [5.41, 5.74) is 0.521. The molecular weight excluding hydrogens is 190 g/mol. The van der Waals surface area contributed by atoms with Gasteiger partial charge in [0.1, 0.15) is 5.75 Å². The molecule has 0 unspecified atom stereocenters. The SMILES string of the molecule is C=CC(=O)Nc1ccc(O)c(Cl)c1. The summed E-state index contributed by atoms with van der Waals surface area (Å²) in [6.45, 7) is 3.30. The lowest BCUT2D eigenvalue weighted by Gasteiger charge is -2.02. The largest absolute Gasteiger partial charge is 0.506 e. The molecule has 0 heterocycles. The van der Waals surface area contributed by atoms with Crippen LogP contribution in [0.2, 0.25) is 5.02 Å². The average Bonchev–Trinajstić information content (AvgIpc) is 2.11. The molecule has 0 aliphatic carbocycles. The summed E-state index contributed by atoms with van der Waals surface area (Å²) in [7, 11) is 0. The Balaban J connectivity index is 2.85. The molecule has 0 saturated heterocycles. The summed E-state index contributed by atoms with van der Waals surface area (Å²) < 4.78 is 0. The summed E-state index contributed by atoms with van der Waals surface area (Å²) in [5.74, 6) is -0.333. The molecule has 1 rings (SSSR count). The van der Waals surface area contributed by atoms with Crippen LogP contribution >= 0.6 is 11.6 Å². The van der Waals surface area contributed by atoms with Crippen molar-refractivity contribution in [3.63, 3.8) is 0 Å². The highest BCUT2D eigenvalue weighted by molar-refractivity contribution is 6.32. The summed E-state index contributed by atoms with van der Waals surface area (Å²) in [5, 5.41) is 11.8. The molecule has 4 heteroatoms. The fraction of sp³-hybridized carbons (Fsp3) is 0. The molecule has 3 nitrogen and oxygen atoms in total. The minimum Gasteiger partial charge on any atom is -0.506 e. The zero-order valence-corrected chi connectivity index (χ0v) is 7.51. The molecule has 68 valence electrons. The number of amides is 1. The second-order valence-electron chi connectivity index (χ2n) is 2.36. The van der Waals surface area contributed by atoms with E-state index < -0.39 is 0 Å². The van der Waals surface area contributed by atoms with E-state index in [4.69, 9.17) is 16.7 Å². The summed E-state index contributed by atoms with van der Waals surface area (Å²) >= 11 is 5.61. The van der Waals surface area contributed by atoms with E-state index in [0.29, 0.717) is 5.69 Å². The normalized spacial score (nSPS) is 9.31. The lowest BCUT2D eigenvalue weighted by atomic mass is 10.3. The Hall–Kier alpha value is -1.48. The fourth-order valence-corrected chi connectivity index (χ4v) is 0.958. The molecule has 0 radical (unpaired) electrons. The first-order chi connectivity index (χ1) is 6.13. The van der Waals surface area contributed by atoms with Crippen molar-refractivity contribution in [1.82, 2.24) is 0 Å². The van der Waals surface area contributed by atoms with Gasteiger partial charge in [0.2, 0.25) is 5.91 Å². The van der Waals surface area contributed by atoms with E-state index in [0.717, 1.165) is 6.08 Å². The van der Waals surface area contributed by atoms with Crippen LogP contribution in [0.1, 0.15) is 0 Å². The van der Waals surface area contributed by atoms with E-state index in [-0.39, 0.29) is 16.7 Å². The van der Waals surface area contributed by atoms with Crippen LogP contribution in [0.4, 0.5) is 5.69 Å². The van der Waals surface area contributed by atoms with E-state index in [1.165, 1.54) is 12.1 Å². The van der Waals surface area contributed by atoms with Gasteiger partial charge < -0.3 is 10.4 Å². The van der Waals surface area contributed by atoms with Gasteiger partial charge in [0, 0.05) is 5.69 Å². The van der Waals surface area contributed by atoms with Crippen LogP contribution in [0.15, 0.2) is 30.9 Å². The maximum atomic E-state index is 10.8.